The largest absolute Gasteiger partial charge is 0.0836 e. The van der Waals surface area contributed by atoms with Gasteiger partial charge in [-0.05, 0) is 0 Å². The summed E-state index contributed by atoms with van der Waals surface area (Å²) in [7, 11) is -1.23. The van der Waals surface area contributed by atoms with Gasteiger partial charge in [0, 0.05) is 0 Å². The van der Waals surface area contributed by atoms with E-state index in [9.17, 15) is 0 Å². The highest BCUT2D eigenvalue weighted by Crippen LogP contribution is 2.23. The number of hydrogen-bond acceptors (Lipinski definition) is 0. The molecule has 0 saturated carbocycles. The quantitative estimate of drug-likeness (QED) is 0.339. The fourth-order valence-corrected chi connectivity index (χ4v) is 7.02. The summed E-state index contributed by atoms with van der Waals surface area (Å²) in [6.45, 7) is 7.23. The Morgan fingerprint density at radius 1 is 0.700 bits per heavy atom. The Labute approximate surface area is 128 Å². The average molecular weight is 291 g/mol. The van der Waals surface area contributed by atoms with Crippen LogP contribution < -0.4 is 5.19 Å². The van der Waals surface area contributed by atoms with Crippen LogP contribution >= 0.6 is 0 Å². The van der Waals surface area contributed by atoms with Crippen LogP contribution in [0.15, 0.2) is 30.3 Å². The van der Waals surface area contributed by atoms with E-state index < -0.39 is 8.07 Å². The molecule has 0 atom stereocenters. The Morgan fingerprint density at radius 3 is 1.65 bits per heavy atom. The second kappa shape index (κ2) is 10.2. The molecule has 1 aromatic rings. The van der Waals surface area contributed by atoms with Gasteiger partial charge in [0.1, 0.15) is 0 Å². The van der Waals surface area contributed by atoms with Crippen LogP contribution in [0.1, 0.15) is 65.2 Å². The lowest BCUT2D eigenvalue weighted by Crippen LogP contribution is -2.44. The SMILES string of the molecule is CCCCCC[Si](C)(CCCCCC)c1ccccc1. The summed E-state index contributed by atoms with van der Waals surface area (Å²) in [5, 5.41) is 1.69. The Kier molecular flexibility index (Phi) is 8.92. The van der Waals surface area contributed by atoms with Crippen molar-refractivity contribution in [1.82, 2.24) is 0 Å². The number of rotatable bonds is 11. The molecular formula is C19H34Si. The molecule has 0 aliphatic carbocycles. The first-order valence-corrected chi connectivity index (χ1v) is 11.7. The maximum atomic E-state index is 2.63. The predicted molar refractivity (Wildman–Crippen MR) is 95.6 cm³/mol. The van der Waals surface area contributed by atoms with Gasteiger partial charge in [0.2, 0.25) is 0 Å². The van der Waals surface area contributed by atoms with E-state index in [1.807, 2.05) is 0 Å². The standard InChI is InChI=1S/C19H34Si/c1-4-6-8-13-17-20(3,18-14-9-7-5-2)19-15-11-10-12-16-19/h10-12,15-16H,4-9,13-14,17-18H2,1-3H3. The molecule has 0 aliphatic heterocycles. The number of hydrogen-bond donors (Lipinski definition) is 0. The molecule has 1 aromatic carbocycles. The summed E-state index contributed by atoms with van der Waals surface area (Å²) in [5.74, 6) is 0. The molecule has 114 valence electrons. The monoisotopic (exact) mass is 290 g/mol. The Hall–Kier alpha value is -0.563. The van der Waals surface area contributed by atoms with Crippen LogP contribution in [0.2, 0.25) is 18.6 Å². The van der Waals surface area contributed by atoms with E-state index >= 15 is 0 Å². The normalized spacial score (nSPS) is 11.8. The Bertz CT molecular complexity index is 319. The van der Waals surface area contributed by atoms with E-state index in [0.29, 0.717) is 0 Å². The van der Waals surface area contributed by atoms with Gasteiger partial charge in [0.15, 0.2) is 0 Å². The minimum Gasteiger partial charge on any atom is -0.0654 e. The highest BCUT2D eigenvalue weighted by Gasteiger charge is 2.27. The molecule has 0 saturated heterocycles. The zero-order valence-electron chi connectivity index (χ0n) is 14.0. The van der Waals surface area contributed by atoms with Crippen molar-refractivity contribution < 1.29 is 0 Å². The van der Waals surface area contributed by atoms with Gasteiger partial charge < -0.3 is 0 Å². The van der Waals surface area contributed by atoms with Gasteiger partial charge in [-0.3, -0.25) is 0 Å². The van der Waals surface area contributed by atoms with Gasteiger partial charge in [0.25, 0.3) is 0 Å². The number of benzene rings is 1. The van der Waals surface area contributed by atoms with Crippen molar-refractivity contribution in [1.29, 1.82) is 0 Å². The maximum absolute atomic E-state index is 2.63. The van der Waals surface area contributed by atoms with Crippen molar-refractivity contribution in [3.8, 4) is 0 Å². The zero-order valence-corrected chi connectivity index (χ0v) is 15.0. The summed E-state index contributed by atoms with van der Waals surface area (Å²) < 4.78 is 0. The maximum Gasteiger partial charge on any atom is 0.0836 e. The van der Waals surface area contributed by atoms with Gasteiger partial charge in [0.05, 0.1) is 8.07 Å². The van der Waals surface area contributed by atoms with Crippen LogP contribution in [0.5, 0.6) is 0 Å². The minimum atomic E-state index is -1.23. The summed E-state index contributed by atoms with van der Waals surface area (Å²) in [5.41, 5.74) is 0. The van der Waals surface area contributed by atoms with E-state index in [1.165, 1.54) is 63.5 Å². The third kappa shape index (κ3) is 6.26. The highest BCUT2D eigenvalue weighted by molar-refractivity contribution is 6.90. The lowest BCUT2D eigenvalue weighted by atomic mass is 10.2. The van der Waals surface area contributed by atoms with Crippen molar-refractivity contribution in [3.05, 3.63) is 30.3 Å². The van der Waals surface area contributed by atoms with E-state index in [0.717, 1.165) is 0 Å². The van der Waals surface area contributed by atoms with E-state index in [4.69, 9.17) is 0 Å². The summed E-state index contributed by atoms with van der Waals surface area (Å²) >= 11 is 0. The predicted octanol–water partition coefficient (Wildman–Crippen LogP) is 6.13. The molecule has 0 fully saturated rings. The molecule has 0 aliphatic rings. The zero-order chi connectivity index (χ0) is 14.7. The first-order chi connectivity index (χ1) is 9.73. The van der Waals surface area contributed by atoms with Crippen LogP contribution in [-0.4, -0.2) is 8.07 Å². The van der Waals surface area contributed by atoms with Crippen molar-refractivity contribution in [2.75, 3.05) is 0 Å². The molecule has 0 nitrogen and oxygen atoms in total. The highest BCUT2D eigenvalue weighted by atomic mass is 28.3. The summed E-state index contributed by atoms with van der Waals surface area (Å²) in [6.07, 6.45) is 11.3. The topological polar surface area (TPSA) is 0 Å². The second-order valence-electron chi connectivity index (χ2n) is 6.55. The number of unbranched alkanes of at least 4 members (excludes halogenated alkanes) is 6. The summed E-state index contributed by atoms with van der Waals surface area (Å²) in [6, 6.07) is 14.4. The lowest BCUT2D eigenvalue weighted by Gasteiger charge is -2.28. The third-order valence-corrected chi connectivity index (χ3v) is 9.28. The van der Waals surface area contributed by atoms with E-state index in [2.05, 4.69) is 50.7 Å². The van der Waals surface area contributed by atoms with Crippen molar-refractivity contribution >= 4 is 13.3 Å². The molecule has 0 bridgehead atoms. The molecule has 20 heavy (non-hydrogen) atoms. The Balaban J connectivity index is 2.57. The van der Waals surface area contributed by atoms with Crippen LogP contribution in [0.4, 0.5) is 0 Å². The fourth-order valence-electron chi connectivity index (χ4n) is 3.14. The van der Waals surface area contributed by atoms with Crippen LogP contribution in [0.25, 0.3) is 0 Å². The molecular weight excluding hydrogens is 256 g/mol. The molecule has 1 rings (SSSR count). The van der Waals surface area contributed by atoms with E-state index in [-0.39, 0.29) is 0 Å². The van der Waals surface area contributed by atoms with Gasteiger partial charge in [-0.15, -0.1) is 0 Å². The average Bonchev–Trinajstić information content (AvgIpc) is 2.49. The minimum absolute atomic E-state index is 1.23. The molecule has 0 spiro atoms. The molecule has 0 heterocycles. The summed E-state index contributed by atoms with van der Waals surface area (Å²) in [4.78, 5) is 0. The van der Waals surface area contributed by atoms with Gasteiger partial charge in [-0.1, -0.05) is 119 Å². The van der Waals surface area contributed by atoms with Crippen molar-refractivity contribution in [3.63, 3.8) is 0 Å². The molecule has 0 radical (unpaired) electrons. The molecule has 0 aromatic heterocycles. The molecule has 0 N–H and O–H groups in total. The molecule has 0 amide bonds. The first-order valence-electron chi connectivity index (χ1n) is 8.78. The van der Waals surface area contributed by atoms with Gasteiger partial charge in [-0.2, -0.15) is 0 Å². The third-order valence-electron chi connectivity index (χ3n) is 4.63. The second-order valence-corrected chi connectivity index (χ2v) is 11.2. The first kappa shape index (κ1) is 17.5. The van der Waals surface area contributed by atoms with Crippen LogP contribution in [0, 0.1) is 0 Å². The molecule has 0 unspecified atom stereocenters. The Morgan fingerprint density at radius 2 is 1.20 bits per heavy atom. The van der Waals surface area contributed by atoms with Crippen LogP contribution in [0.3, 0.4) is 0 Å². The van der Waals surface area contributed by atoms with Crippen LogP contribution in [-0.2, 0) is 0 Å². The molecule has 1 heteroatoms. The van der Waals surface area contributed by atoms with E-state index in [1.54, 1.807) is 5.19 Å². The fraction of sp³-hybridized carbons (Fsp3) is 0.684. The van der Waals surface area contributed by atoms with Crippen molar-refractivity contribution in [2.24, 2.45) is 0 Å². The van der Waals surface area contributed by atoms with Gasteiger partial charge >= 0.3 is 0 Å². The lowest BCUT2D eigenvalue weighted by molar-refractivity contribution is 0.683. The van der Waals surface area contributed by atoms with Gasteiger partial charge in [-0.25, -0.2) is 0 Å². The smallest absolute Gasteiger partial charge is 0.0654 e. The van der Waals surface area contributed by atoms with Crippen molar-refractivity contribution in [2.45, 2.75) is 83.8 Å².